The second-order valence-corrected chi connectivity index (χ2v) is 13.2. The summed E-state index contributed by atoms with van der Waals surface area (Å²) in [5.41, 5.74) is 0.582. The summed E-state index contributed by atoms with van der Waals surface area (Å²) in [6.45, 7) is 6.49. The lowest BCUT2D eigenvalue weighted by molar-refractivity contribution is 0.107. The quantitative estimate of drug-likeness (QED) is 0.297. The number of rotatable bonds is 5. The summed E-state index contributed by atoms with van der Waals surface area (Å²) < 4.78 is 38.2. The topological polar surface area (TPSA) is 73.8 Å². The monoisotopic (exact) mass is 585 g/mol. The maximum atomic E-state index is 16.7. The van der Waals surface area contributed by atoms with Crippen LogP contribution in [0.15, 0.2) is 42.5 Å². The highest BCUT2D eigenvalue weighted by molar-refractivity contribution is 6.01. The number of aromatic hydroxyl groups is 1. The third-order valence-electron chi connectivity index (χ3n) is 10.3. The van der Waals surface area contributed by atoms with E-state index in [1.807, 2.05) is 6.07 Å². The van der Waals surface area contributed by atoms with Gasteiger partial charge in [-0.25, -0.2) is 8.78 Å². The van der Waals surface area contributed by atoms with Crippen LogP contribution < -0.4 is 15.0 Å². The molecule has 2 bridgehead atoms. The second kappa shape index (κ2) is 10.3. The first-order chi connectivity index (χ1) is 20.9. The third-order valence-corrected chi connectivity index (χ3v) is 10.3. The van der Waals surface area contributed by atoms with Gasteiger partial charge < -0.3 is 20.1 Å². The standard InChI is InChI=1S/C34H37F2N5O2/c1-20-16-34(11-3-12-41(34)17-20)19-43-33-38-31-26(32(39-33)40-13-10-22-6-7-23(18-40)37-22)9-8-25(30(31)36)27-15-24(42)14-21-4-2-5-28(35)29(21)27/h2,4-5,8-9,14-15,20,22-23,37,42H,3,6-7,10-13,16-19H2,1H3/t20-,22-,23+,34+/m1/s1. The minimum Gasteiger partial charge on any atom is -0.508 e. The summed E-state index contributed by atoms with van der Waals surface area (Å²) >= 11 is 0. The summed E-state index contributed by atoms with van der Waals surface area (Å²) in [7, 11) is 0. The highest BCUT2D eigenvalue weighted by Gasteiger charge is 2.47. The normalized spacial score (nSPS) is 27.2. The van der Waals surface area contributed by atoms with Gasteiger partial charge in [0.25, 0.3) is 0 Å². The lowest BCUT2D eigenvalue weighted by Crippen LogP contribution is -2.43. The van der Waals surface area contributed by atoms with E-state index >= 15 is 8.78 Å². The molecular weight excluding hydrogens is 548 g/mol. The predicted octanol–water partition coefficient (Wildman–Crippen LogP) is 6.02. The van der Waals surface area contributed by atoms with E-state index < -0.39 is 11.6 Å². The molecule has 43 heavy (non-hydrogen) atoms. The smallest absolute Gasteiger partial charge is 0.319 e. The van der Waals surface area contributed by atoms with E-state index in [-0.39, 0.29) is 39.3 Å². The van der Waals surface area contributed by atoms with Crippen LogP contribution in [0.1, 0.15) is 45.4 Å². The Morgan fingerprint density at radius 3 is 2.81 bits per heavy atom. The average molecular weight is 586 g/mol. The van der Waals surface area contributed by atoms with Crippen LogP contribution in [0.5, 0.6) is 11.8 Å². The molecule has 4 aromatic rings. The van der Waals surface area contributed by atoms with Crippen molar-refractivity contribution in [2.24, 2.45) is 5.92 Å². The highest BCUT2D eigenvalue weighted by Crippen LogP contribution is 2.43. The molecule has 5 heterocycles. The lowest BCUT2D eigenvalue weighted by atomic mass is 9.92. The molecule has 4 saturated heterocycles. The number of phenols is 1. The van der Waals surface area contributed by atoms with Crippen LogP contribution in [-0.4, -0.2) is 70.4 Å². The fourth-order valence-corrected chi connectivity index (χ4v) is 8.37. The van der Waals surface area contributed by atoms with Crippen LogP contribution >= 0.6 is 0 Å². The molecule has 0 aliphatic carbocycles. The van der Waals surface area contributed by atoms with Crippen LogP contribution in [0.25, 0.3) is 32.8 Å². The van der Waals surface area contributed by atoms with Gasteiger partial charge in [0, 0.05) is 48.1 Å². The number of phenolic OH excluding ortho intramolecular Hbond substituents is 1. The number of anilines is 1. The van der Waals surface area contributed by atoms with Gasteiger partial charge in [-0.2, -0.15) is 9.97 Å². The minimum atomic E-state index is -0.578. The molecule has 3 aromatic carbocycles. The first-order valence-corrected chi connectivity index (χ1v) is 15.7. The number of nitrogens with zero attached hydrogens (tertiary/aromatic N) is 4. The molecule has 4 aliphatic rings. The van der Waals surface area contributed by atoms with Crippen LogP contribution in [0.3, 0.4) is 0 Å². The molecule has 9 heteroatoms. The number of ether oxygens (including phenoxy) is 1. The fraction of sp³-hybridized carbons (Fsp3) is 0.471. The molecule has 4 fully saturated rings. The van der Waals surface area contributed by atoms with Gasteiger partial charge >= 0.3 is 6.01 Å². The van der Waals surface area contributed by atoms with Crippen molar-refractivity contribution in [2.45, 2.75) is 63.1 Å². The summed E-state index contributed by atoms with van der Waals surface area (Å²) in [5, 5.41) is 15.5. The predicted molar refractivity (Wildman–Crippen MR) is 164 cm³/mol. The molecular formula is C34H37F2N5O2. The number of halogens is 2. The van der Waals surface area contributed by atoms with E-state index in [4.69, 9.17) is 9.72 Å². The van der Waals surface area contributed by atoms with E-state index in [0.29, 0.717) is 41.2 Å². The highest BCUT2D eigenvalue weighted by atomic mass is 19.1. The Morgan fingerprint density at radius 1 is 1.02 bits per heavy atom. The zero-order valence-corrected chi connectivity index (χ0v) is 24.5. The van der Waals surface area contributed by atoms with Crippen molar-refractivity contribution in [3.05, 3.63) is 54.1 Å². The summed E-state index contributed by atoms with van der Waals surface area (Å²) in [6, 6.07) is 12.1. The minimum absolute atomic E-state index is 0.0258. The Morgan fingerprint density at radius 2 is 1.91 bits per heavy atom. The van der Waals surface area contributed by atoms with Gasteiger partial charge in [0.1, 0.15) is 29.5 Å². The van der Waals surface area contributed by atoms with Crippen LogP contribution in [0, 0.1) is 17.6 Å². The molecule has 0 amide bonds. The molecule has 224 valence electrons. The van der Waals surface area contributed by atoms with Gasteiger partial charge in [-0.05, 0) is 86.2 Å². The first kappa shape index (κ1) is 27.0. The largest absolute Gasteiger partial charge is 0.508 e. The van der Waals surface area contributed by atoms with Gasteiger partial charge in [0.05, 0.1) is 5.54 Å². The van der Waals surface area contributed by atoms with Gasteiger partial charge in [-0.1, -0.05) is 25.1 Å². The number of fused-ring (bicyclic) bond motifs is 5. The number of aromatic nitrogens is 2. The molecule has 0 saturated carbocycles. The molecule has 0 radical (unpaired) electrons. The van der Waals surface area contributed by atoms with Gasteiger partial charge in [0.15, 0.2) is 5.82 Å². The second-order valence-electron chi connectivity index (χ2n) is 13.2. The van der Waals surface area contributed by atoms with Crippen LogP contribution in [-0.2, 0) is 0 Å². The molecule has 0 unspecified atom stereocenters. The van der Waals surface area contributed by atoms with Crippen molar-refractivity contribution in [1.82, 2.24) is 20.2 Å². The maximum Gasteiger partial charge on any atom is 0.319 e. The van der Waals surface area contributed by atoms with Crippen molar-refractivity contribution in [1.29, 1.82) is 0 Å². The molecule has 2 N–H and O–H groups in total. The summed E-state index contributed by atoms with van der Waals surface area (Å²) in [4.78, 5) is 14.4. The van der Waals surface area contributed by atoms with Crippen molar-refractivity contribution >= 4 is 27.5 Å². The zero-order chi connectivity index (χ0) is 29.3. The van der Waals surface area contributed by atoms with Gasteiger partial charge in [0.2, 0.25) is 0 Å². The Balaban J connectivity index is 1.25. The third kappa shape index (κ3) is 4.59. The van der Waals surface area contributed by atoms with E-state index in [1.165, 1.54) is 24.6 Å². The van der Waals surface area contributed by atoms with E-state index in [0.717, 1.165) is 58.3 Å². The Bertz CT molecular complexity index is 1730. The molecule has 8 rings (SSSR count). The van der Waals surface area contributed by atoms with Crippen LogP contribution in [0.4, 0.5) is 14.6 Å². The maximum absolute atomic E-state index is 16.7. The van der Waals surface area contributed by atoms with Crippen LogP contribution in [0.2, 0.25) is 0 Å². The fourth-order valence-electron chi connectivity index (χ4n) is 8.37. The number of benzene rings is 3. The van der Waals surface area contributed by atoms with E-state index in [1.54, 1.807) is 18.2 Å². The molecule has 7 nitrogen and oxygen atoms in total. The SMILES string of the molecule is C[C@H]1CN2CCC[C@@]2(COc2nc(N3CC[C@H]4CC[C@@H](C3)N4)c3ccc(-c4cc(O)cc5cccc(F)c45)c(F)c3n2)C1. The van der Waals surface area contributed by atoms with Crippen molar-refractivity contribution in [3.8, 4) is 22.9 Å². The zero-order valence-electron chi connectivity index (χ0n) is 24.5. The van der Waals surface area contributed by atoms with Crippen molar-refractivity contribution < 1.29 is 18.6 Å². The number of nitrogens with one attached hydrogen (secondary N) is 1. The summed E-state index contributed by atoms with van der Waals surface area (Å²) in [5.74, 6) is 0.170. The molecule has 1 aromatic heterocycles. The Labute approximate surface area is 249 Å². The Hall–Kier alpha value is -3.56. The average Bonchev–Trinajstić information content (AvgIpc) is 3.62. The van der Waals surface area contributed by atoms with E-state index in [9.17, 15) is 5.11 Å². The summed E-state index contributed by atoms with van der Waals surface area (Å²) in [6.07, 6.45) is 6.58. The van der Waals surface area contributed by atoms with Gasteiger partial charge in [-0.15, -0.1) is 0 Å². The van der Waals surface area contributed by atoms with Gasteiger partial charge in [-0.3, -0.25) is 4.90 Å². The van der Waals surface area contributed by atoms with E-state index in [2.05, 4.69) is 27.0 Å². The first-order valence-electron chi connectivity index (χ1n) is 15.7. The Kier molecular flexibility index (Phi) is 6.45. The number of hydrogen-bond acceptors (Lipinski definition) is 7. The number of hydrogen-bond donors (Lipinski definition) is 2. The molecule has 0 spiro atoms. The molecule has 4 atom stereocenters. The van der Waals surface area contributed by atoms with Crippen molar-refractivity contribution in [2.75, 3.05) is 37.7 Å². The lowest BCUT2D eigenvalue weighted by Gasteiger charge is -2.31. The van der Waals surface area contributed by atoms with Crippen molar-refractivity contribution in [3.63, 3.8) is 0 Å². The molecule has 4 aliphatic heterocycles.